The van der Waals surface area contributed by atoms with Gasteiger partial charge in [-0.3, -0.25) is 4.79 Å². The molecule has 18 heavy (non-hydrogen) atoms. The summed E-state index contributed by atoms with van der Waals surface area (Å²) in [5.74, 6) is -0.0477. The fourth-order valence-electron chi connectivity index (χ4n) is 1.69. The first kappa shape index (κ1) is 15.4. The Balaban J connectivity index is 2.92. The van der Waals surface area contributed by atoms with Gasteiger partial charge < -0.3 is 11.1 Å². The SMILES string of the molecule is Cc1cccc(C(=O)NC(CN)C(C)(C)C)c1I. The summed E-state index contributed by atoms with van der Waals surface area (Å²) in [6, 6.07) is 5.73. The molecule has 1 unspecified atom stereocenters. The molecule has 0 saturated carbocycles. The van der Waals surface area contributed by atoms with Crippen molar-refractivity contribution in [2.24, 2.45) is 11.1 Å². The predicted octanol–water partition coefficient (Wildman–Crippen LogP) is 2.70. The number of nitrogens with one attached hydrogen (secondary N) is 1. The molecular formula is C14H21IN2O. The molecule has 0 bridgehead atoms. The van der Waals surface area contributed by atoms with Crippen LogP contribution in [-0.2, 0) is 0 Å². The number of nitrogens with two attached hydrogens (primary N) is 1. The molecular weight excluding hydrogens is 339 g/mol. The third-order valence-corrected chi connectivity index (χ3v) is 4.45. The molecule has 0 heterocycles. The average molecular weight is 360 g/mol. The van der Waals surface area contributed by atoms with E-state index in [1.54, 1.807) is 0 Å². The Morgan fingerprint density at radius 1 is 1.44 bits per heavy atom. The smallest absolute Gasteiger partial charge is 0.252 e. The third-order valence-electron chi connectivity index (χ3n) is 3.02. The van der Waals surface area contributed by atoms with Gasteiger partial charge in [-0.25, -0.2) is 0 Å². The number of carbonyl (C=O) groups excluding carboxylic acids is 1. The lowest BCUT2D eigenvalue weighted by Crippen LogP contribution is -2.48. The minimum Gasteiger partial charge on any atom is -0.347 e. The first-order valence-corrected chi connectivity index (χ1v) is 7.11. The van der Waals surface area contributed by atoms with Crippen LogP contribution in [0.2, 0.25) is 0 Å². The highest BCUT2D eigenvalue weighted by Crippen LogP contribution is 2.20. The van der Waals surface area contributed by atoms with Crippen LogP contribution < -0.4 is 11.1 Å². The van der Waals surface area contributed by atoms with E-state index >= 15 is 0 Å². The monoisotopic (exact) mass is 360 g/mol. The Kier molecular flexibility index (Phi) is 5.16. The van der Waals surface area contributed by atoms with Gasteiger partial charge in [0.2, 0.25) is 0 Å². The number of rotatable bonds is 3. The zero-order valence-corrected chi connectivity index (χ0v) is 13.5. The van der Waals surface area contributed by atoms with Crippen LogP contribution in [0.3, 0.4) is 0 Å². The van der Waals surface area contributed by atoms with Crippen molar-refractivity contribution >= 4 is 28.5 Å². The molecule has 1 amide bonds. The van der Waals surface area contributed by atoms with E-state index in [9.17, 15) is 4.79 Å². The largest absolute Gasteiger partial charge is 0.347 e. The van der Waals surface area contributed by atoms with Crippen molar-refractivity contribution in [2.45, 2.75) is 33.7 Å². The summed E-state index contributed by atoms with van der Waals surface area (Å²) in [6.07, 6.45) is 0. The summed E-state index contributed by atoms with van der Waals surface area (Å²) in [7, 11) is 0. The zero-order chi connectivity index (χ0) is 13.9. The number of halogens is 1. The van der Waals surface area contributed by atoms with Gasteiger partial charge in [-0.2, -0.15) is 0 Å². The van der Waals surface area contributed by atoms with E-state index in [0.717, 1.165) is 14.7 Å². The van der Waals surface area contributed by atoms with Gasteiger partial charge in [0.25, 0.3) is 5.91 Å². The molecule has 0 aromatic heterocycles. The van der Waals surface area contributed by atoms with Crippen LogP contribution in [0.15, 0.2) is 18.2 Å². The third kappa shape index (κ3) is 3.68. The highest BCUT2D eigenvalue weighted by atomic mass is 127. The molecule has 3 nitrogen and oxygen atoms in total. The molecule has 1 atom stereocenters. The minimum absolute atomic E-state index is 0.0266. The maximum atomic E-state index is 12.3. The quantitative estimate of drug-likeness (QED) is 0.815. The molecule has 0 radical (unpaired) electrons. The molecule has 100 valence electrons. The van der Waals surface area contributed by atoms with Gasteiger partial charge in [-0.1, -0.05) is 32.9 Å². The maximum Gasteiger partial charge on any atom is 0.252 e. The molecule has 0 saturated heterocycles. The van der Waals surface area contributed by atoms with E-state index in [1.165, 1.54) is 0 Å². The number of amides is 1. The van der Waals surface area contributed by atoms with E-state index in [-0.39, 0.29) is 17.4 Å². The highest BCUT2D eigenvalue weighted by Gasteiger charge is 2.25. The molecule has 1 aromatic carbocycles. The summed E-state index contributed by atoms with van der Waals surface area (Å²) in [6.45, 7) is 8.67. The van der Waals surface area contributed by atoms with Crippen LogP contribution >= 0.6 is 22.6 Å². The molecule has 1 rings (SSSR count). The Morgan fingerprint density at radius 2 is 2.06 bits per heavy atom. The van der Waals surface area contributed by atoms with E-state index in [1.807, 2.05) is 25.1 Å². The summed E-state index contributed by atoms with van der Waals surface area (Å²) in [4.78, 5) is 12.3. The van der Waals surface area contributed by atoms with E-state index in [2.05, 4.69) is 48.7 Å². The fourth-order valence-corrected chi connectivity index (χ4v) is 2.29. The van der Waals surface area contributed by atoms with Gasteiger partial charge in [0, 0.05) is 16.2 Å². The van der Waals surface area contributed by atoms with Crippen LogP contribution in [0.1, 0.15) is 36.7 Å². The lowest BCUT2D eigenvalue weighted by Gasteiger charge is -2.30. The van der Waals surface area contributed by atoms with Crippen LogP contribution in [0, 0.1) is 15.9 Å². The molecule has 1 aromatic rings. The van der Waals surface area contributed by atoms with E-state index in [0.29, 0.717) is 6.54 Å². The average Bonchev–Trinajstić information content (AvgIpc) is 2.27. The van der Waals surface area contributed by atoms with Crippen molar-refractivity contribution < 1.29 is 4.79 Å². The van der Waals surface area contributed by atoms with Crippen LogP contribution in [-0.4, -0.2) is 18.5 Å². The number of hydrogen-bond acceptors (Lipinski definition) is 2. The van der Waals surface area contributed by atoms with Gasteiger partial charge in [0.1, 0.15) is 0 Å². The van der Waals surface area contributed by atoms with Crippen molar-refractivity contribution in [1.82, 2.24) is 5.32 Å². The lowest BCUT2D eigenvalue weighted by molar-refractivity contribution is 0.0904. The fraction of sp³-hybridized carbons (Fsp3) is 0.500. The van der Waals surface area contributed by atoms with Gasteiger partial charge in [0.05, 0.1) is 5.56 Å². The van der Waals surface area contributed by atoms with E-state index in [4.69, 9.17) is 5.73 Å². The first-order chi connectivity index (χ1) is 8.27. The minimum atomic E-state index is -0.0477. The molecule has 0 spiro atoms. The van der Waals surface area contributed by atoms with Gasteiger partial charge >= 0.3 is 0 Å². The summed E-state index contributed by atoms with van der Waals surface area (Å²) in [5, 5.41) is 3.02. The van der Waals surface area contributed by atoms with Gasteiger partial charge in [-0.15, -0.1) is 0 Å². The highest BCUT2D eigenvalue weighted by molar-refractivity contribution is 14.1. The van der Waals surface area contributed by atoms with Crippen molar-refractivity contribution in [2.75, 3.05) is 6.54 Å². The van der Waals surface area contributed by atoms with Gasteiger partial charge in [-0.05, 0) is 46.6 Å². The van der Waals surface area contributed by atoms with Crippen LogP contribution in [0.4, 0.5) is 0 Å². The second kappa shape index (κ2) is 6.02. The molecule has 0 fully saturated rings. The Labute approximate surface area is 123 Å². The molecule has 0 aliphatic heterocycles. The lowest BCUT2D eigenvalue weighted by atomic mass is 9.86. The van der Waals surface area contributed by atoms with Gasteiger partial charge in [0.15, 0.2) is 0 Å². The number of aryl methyl sites for hydroxylation is 1. The first-order valence-electron chi connectivity index (χ1n) is 6.03. The molecule has 0 aliphatic rings. The zero-order valence-electron chi connectivity index (χ0n) is 11.4. The maximum absolute atomic E-state index is 12.3. The van der Waals surface area contributed by atoms with Crippen LogP contribution in [0.25, 0.3) is 0 Å². The van der Waals surface area contributed by atoms with Crippen molar-refractivity contribution in [3.63, 3.8) is 0 Å². The molecule has 3 N–H and O–H groups in total. The Bertz CT molecular complexity index is 438. The number of benzene rings is 1. The van der Waals surface area contributed by atoms with Crippen molar-refractivity contribution in [3.8, 4) is 0 Å². The topological polar surface area (TPSA) is 55.1 Å². The van der Waals surface area contributed by atoms with Crippen molar-refractivity contribution in [3.05, 3.63) is 32.9 Å². The second-order valence-corrected chi connectivity index (χ2v) is 6.64. The second-order valence-electron chi connectivity index (χ2n) is 5.56. The number of hydrogen-bond donors (Lipinski definition) is 2. The summed E-state index contributed by atoms with van der Waals surface area (Å²) in [5.41, 5.74) is 7.53. The molecule has 0 aliphatic carbocycles. The van der Waals surface area contributed by atoms with E-state index < -0.39 is 0 Å². The Morgan fingerprint density at radius 3 is 2.56 bits per heavy atom. The predicted molar refractivity (Wildman–Crippen MR) is 83.7 cm³/mol. The Hall–Kier alpha value is -0.620. The molecule has 4 heteroatoms. The standard InChI is InChI=1S/C14H21IN2O/c1-9-6-5-7-10(12(9)15)13(18)17-11(8-16)14(2,3)4/h5-7,11H,8,16H2,1-4H3,(H,17,18). The number of carbonyl (C=O) groups is 1. The summed E-state index contributed by atoms with van der Waals surface area (Å²) < 4.78 is 0.997. The van der Waals surface area contributed by atoms with Crippen LogP contribution in [0.5, 0.6) is 0 Å². The summed E-state index contributed by atoms with van der Waals surface area (Å²) >= 11 is 2.21. The normalized spacial score (nSPS) is 13.2. The van der Waals surface area contributed by atoms with Crippen molar-refractivity contribution in [1.29, 1.82) is 0 Å².